The van der Waals surface area contributed by atoms with Crippen LogP contribution >= 0.6 is 11.6 Å². The number of benzene rings is 1. The van der Waals surface area contributed by atoms with Crippen molar-refractivity contribution in [1.82, 2.24) is 10.6 Å². The molecule has 0 aliphatic carbocycles. The average molecular weight is 384 g/mol. The molecule has 0 fully saturated rings. The van der Waals surface area contributed by atoms with Crippen molar-refractivity contribution in [2.45, 2.75) is 6.92 Å². The van der Waals surface area contributed by atoms with Crippen LogP contribution in [0.5, 0.6) is 5.75 Å². The van der Waals surface area contributed by atoms with E-state index < -0.39 is 18.0 Å². The molecule has 0 unspecified atom stereocenters. The Hall–Kier alpha value is -2.94. The van der Waals surface area contributed by atoms with E-state index in [9.17, 15) is 14.4 Å². The number of carbonyl (C=O) groups excluding carboxylic acids is 3. The maximum atomic E-state index is 12.3. The van der Waals surface area contributed by atoms with E-state index in [0.29, 0.717) is 0 Å². The van der Waals surface area contributed by atoms with Crippen molar-refractivity contribution >= 4 is 35.3 Å². The second-order valence-corrected chi connectivity index (χ2v) is 5.54. The second-order valence-electron chi connectivity index (χ2n) is 5.14. The van der Waals surface area contributed by atoms with Crippen LogP contribution in [0.3, 0.4) is 0 Å². The Labute approximate surface area is 154 Å². The van der Waals surface area contributed by atoms with Gasteiger partial charge in [-0.3, -0.25) is 0 Å². The molecule has 1 aliphatic heterocycles. The number of nitrogens with one attached hydrogen (secondary N) is 2. The topological polar surface area (TPSA) is 129 Å². The van der Waals surface area contributed by atoms with E-state index in [-0.39, 0.29) is 53.1 Å². The molecular weight excluding hydrogens is 366 g/mol. The van der Waals surface area contributed by atoms with Crippen molar-refractivity contribution in [3.8, 4) is 5.75 Å². The number of ether oxygens (including phenoxy) is 3. The first-order valence-corrected chi connectivity index (χ1v) is 7.99. The van der Waals surface area contributed by atoms with Gasteiger partial charge in [0.05, 0.1) is 42.2 Å². The van der Waals surface area contributed by atoms with Gasteiger partial charge in [0.25, 0.3) is 0 Å². The van der Waals surface area contributed by atoms with Crippen molar-refractivity contribution in [3.63, 3.8) is 0 Å². The molecule has 1 aliphatic rings. The van der Waals surface area contributed by atoms with E-state index >= 15 is 0 Å². The molecule has 1 heterocycles. The molecule has 0 bridgehead atoms. The molecule has 2 amide bonds. The third-order valence-corrected chi connectivity index (χ3v) is 3.79. The van der Waals surface area contributed by atoms with Gasteiger partial charge in [0.15, 0.2) is 0 Å². The Morgan fingerprint density at radius 2 is 2.00 bits per heavy atom. The van der Waals surface area contributed by atoms with Gasteiger partial charge in [0, 0.05) is 6.07 Å². The molecule has 0 aromatic heterocycles. The van der Waals surface area contributed by atoms with Gasteiger partial charge in [0.1, 0.15) is 17.9 Å². The minimum atomic E-state index is -0.757. The average Bonchev–Trinajstić information content (AvgIpc) is 2.61. The van der Waals surface area contributed by atoms with Crippen LogP contribution in [0.15, 0.2) is 23.4 Å². The molecule has 1 aromatic carbocycles. The quantitative estimate of drug-likeness (QED) is 0.497. The lowest BCUT2D eigenvalue weighted by Crippen LogP contribution is -2.45. The molecule has 0 saturated carbocycles. The number of anilines is 1. The summed E-state index contributed by atoms with van der Waals surface area (Å²) < 4.78 is 15.2. The van der Waals surface area contributed by atoms with Crippen LogP contribution in [-0.2, 0) is 14.3 Å². The van der Waals surface area contributed by atoms with Crippen LogP contribution in [0, 0.1) is 0 Å². The third kappa shape index (κ3) is 4.37. The summed E-state index contributed by atoms with van der Waals surface area (Å²) in [6.45, 7) is 1.45. The SMILES string of the molecule is CCOC(=O)C1=C(COC(=O)c2cc(Cl)c(N)cc2OC)NC(=O)NC1. The molecular formula is C16H18ClN3O6. The van der Waals surface area contributed by atoms with Gasteiger partial charge in [-0.05, 0) is 13.0 Å². The summed E-state index contributed by atoms with van der Waals surface area (Å²) in [5, 5.41) is 5.05. The number of esters is 2. The zero-order valence-electron chi connectivity index (χ0n) is 14.2. The summed E-state index contributed by atoms with van der Waals surface area (Å²) in [6, 6.07) is 2.20. The minimum Gasteiger partial charge on any atom is -0.496 e. The van der Waals surface area contributed by atoms with E-state index in [1.165, 1.54) is 19.2 Å². The summed E-state index contributed by atoms with van der Waals surface area (Å²) in [5.41, 5.74) is 6.29. The van der Waals surface area contributed by atoms with Gasteiger partial charge in [-0.15, -0.1) is 0 Å². The lowest BCUT2D eigenvalue weighted by Gasteiger charge is -2.21. The van der Waals surface area contributed by atoms with Gasteiger partial charge >= 0.3 is 18.0 Å². The van der Waals surface area contributed by atoms with Crippen molar-refractivity contribution < 1.29 is 28.6 Å². The zero-order chi connectivity index (χ0) is 19.3. The number of nitrogens with two attached hydrogens (primary N) is 1. The van der Waals surface area contributed by atoms with E-state index in [0.717, 1.165) is 0 Å². The number of amides is 2. The number of carbonyl (C=O) groups is 3. The molecule has 26 heavy (non-hydrogen) atoms. The summed E-state index contributed by atoms with van der Waals surface area (Å²) in [7, 11) is 1.37. The highest BCUT2D eigenvalue weighted by atomic mass is 35.5. The standard InChI is InChI=1S/C16H18ClN3O6/c1-3-25-15(22)9-6-19-16(23)20-12(9)7-26-14(21)8-4-10(17)11(18)5-13(8)24-2/h4-5H,3,6-7,18H2,1-2H3,(H2,19,20,23). The smallest absolute Gasteiger partial charge is 0.342 e. The van der Waals surface area contributed by atoms with Crippen LogP contribution in [0.25, 0.3) is 0 Å². The van der Waals surface area contributed by atoms with Crippen LogP contribution in [0.1, 0.15) is 17.3 Å². The number of halogens is 1. The molecule has 0 spiro atoms. The van der Waals surface area contributed by atoms with Gasteiger partial charge in [-0.2, -0.15) is 0 Å². The second kappa shape index (κ2) is 8.43. The molecule has 0 radical (unpaired) electrons. The highest BCUT2D eigenvalue weighted by molar-refractivity contribution is 6.33. The lowest BCUT2D eigenvalue weighted by molar-refractivity contribution is -0.138. The molecule has 4 N–H and O–H groups in total. The fraction of sp³-hybridized carbons (Fsp3) is 0.312. The van der Waals surface area contributed by atoms with Crippen molar-refractivity contribution in [2.24, 2.45) is 0 Å². The monoisotopic (exact) mass is 383 g/mol. The van der Waals surface area contributed by atoms with E-state index in [1.807, 2.05) is 0 Å². The summed E-state index contributed by atoms with van der Waals surface area (Å²) >= 11 is 5.93. The number of urea groups is 1. The van der Waals surface area contributed by atoms with E-state index in [2.05, 4.69) is 10.6 Å². The van der Waals surface area contributed by atoms with E-state index in [1.54, 1.807) is 6.92 Å². The third-order valence-electron chi connectivity index (χ3n) is 3.46. The van der Waals surface area contributed by atoms with Crippen LogP contribution in [0.2, 0.25) is 5.02 Å². The van der Waals surface area contributed by atoms with Crippen molar-refractivity contribution in [2.75, 3.05) is 32.6 Å². The zero-order valence-corrected chi connectivity index (χ0v) is 14.9. The summed E-state index contributed by atoms with van der Waals surface area (Å²) in [5.74, 6) is -1.18. The van der Waals surface area contributed by atoms with Crippen molar-refractivity contribution in [1.29, 1.82) is 0 Å². The highest BCUT2D eigenvalue weighted by Crippen LogP contribution is 2.29. The molecule has 9 nitrogen and oxygen atoms in total. The number of hydrogen-bond acceptors (Lipinski definition) is 7. The largest absolute Gasteiger partial charge is 0.496 e. The van der Waals surface area contributed by atoms with Crippen LogP contribution < -0.4 is 21.1 Å². The normalized spacial score (nSPS) is 13.6. The Morgan fingerprint density at radius 1 is 1.27 bits per heavy atom. The predicted molar refractivity (Wildman–Crippen MR) is 92.9 cm³/mol. The predicted octanol–water partition coefficient (Wildman–Crippen LogP) is 1.22. The summed E-state index contributed by atoms with van der Waals surface area (Å²) in [6.07, 6.45) is 0. The Kier molecular flexibility index (Phi) is 6.29. The van der Waals surface area contributed by atoms with Gasteiger partial charge in [-0.1, -0.05) is 11.6 Å². The van der Waals surface area contributed by atoms with E-state index in [4.69, 9.17) is 31.5 Å². The number of rotatable bonds is 6. The number of methoxy groups -OCH3 is 1. The van der Waals surface area contributed by atoms with Gasteiger partial charge in [0.2, 0.25) is 0 Å². The highest BCUT2D eigenvalue weighted by Gasteiger charge is 2.25. The molecule has 1 aromatic rings. The maximum absolute atomic E-state index is 12.3. The van der Waals surface area contributed by atoms with Crippen LogP contribution in [0.4, 0.5) is 10.5 Å². The Balaban J connectivity index is 2.20. The molecule has 140 valence electrons. The molecule has 0 atom stereocenters. The lowest BCUT2D eigenvalue weighted by atomic mass is 10.1. The molecule has 0 saturated heterocycles. The Morgan fingerprint density at radius 3 is 2.65 bits per heavy atom. The number of nitrogen functional groups attached to an aromatic ring is 1. The van der Waals surface area contributed by atoms with Crippen molar-refractivity contribution in [3.05, 3.63) is 34.0 Å². The first-order valence-electron chi connectivity index (χ1n) is 7.61. The fourth-order valence-electron chi connectivity index (χ4n) is 2.18. The maximum Gasteiger partial charge on any atom is 0.342 e. The molecule has 2 rings (SSSR count). The Bertz CT molecular complexity index is 777. The van der Waals surface area contributed by atoms with Crippen LogP contribution in [-0.4, -0.2) is 44.8 Å². The number of hydrogen-bond donors (Lipinski definition) is 3. The summed E-state index contributed by atoms with van der Waals surface area (Å²) in [4.78, 5) is 35.8. The van der Waals surface area contributed by atoms with Gasteiger partial charge < -0.3 is 30.6 Å². The molecule has 10 heteroatoms. The minimum absolute atomic E-state index is 0.0332. The first-order chi connectivity index (χ1) is 12.4. The fourth-order valence-corrected chi connectivity index (χ4v) is 2.35. The van der Waals surface area contributed by atoms with Gasteiger partial charge in [-0.25, -0.2) is 14.4 Å². The first kappa shape index (κ1) is 19.4.